The van der Waals surface area contributed by atoms with Crippen molar-refractivity contribution in [1.29, 1.82) is 0 Å². The second-order valence-electron chi connectivity index (χ2n) is 7.62. The Morgan fingerprint density at radius 2 is 1.76 bits per heavy atom. The second kappa shape index (κ2) is 8.72. The van der Waals surface area contributed by atoms with Crippen molar-refractivity contribution >= 4 is 11.6 Å². The normalized spacial score (nSPS) is 25.9. The molecule has 0 aromatic rings. The number of aliphatic hydroxyl groups is 2. The summed E-state index contributed by atoms with van der Waals surface area (Å²) < 4.78 is 0. The SMILES string of the molecule is CCC(C)C(O)C1=CC(CC=C(C)C)C(=O)[C@](O)(CC=C(C)C)C1=O. The van der Waals surface area contributed by atoms with Crippen LogP contribution in [0.2, 0.25) is 0 Å². The number of allylic oxidation sites excluding steroid dienone is 4. The minimum absolute atomic E-state index is 0.0527. The Hall–Kier alpha value is -1.52. The highest BCUT2D eigenvalue weighted by Gasteiger charge is 2.50. The van der Waals surface area contributed by atoms with E-state index in [0.717, 1.165) is 11.1 Å². The topological polar surface area (TPSA) is 74.6 Å². The predicted molar refractivity (Wildman–Crippen MR) is 100 cm³/mol. The molecule has 0 heterocycles. The third-order valence-corrected chi connectivity index (χ3v) is 4.85. The second-order valence-corrected chi connectivity index (χ2v) is 7.62. The summed E-state index contributed by atoms with van der Waals surface area (Å²) >= 11 is 0. The van der Waals surface area contributed by atoms with E-state index in [1.54, 1.807) is 12.2 Å². The van der Waals surface area contributed by atoms with E-state index >= 15 is 0 Å². The van der Waals surface area contributed by atoms with Crippen LogP contribution in [0, 0.1) is 11.8 Å². The summed E-state index contributed by atoms with van der Waals surface area (Å²) in [6, 6.07) is 0. The van der Waals surface area contributed by atoms with E-state index in [4.69, 9.17) is 0 Å². The summed E-state index contributed by atoms with van der Waals surface area (Å²) in [5.41, 5.74) is 0.0739. The van der Waals surface area contributed by atoms with Crippen LogP contribution in [0.15, 0.2) is 34.9 Å². The van der Waals surface area contributed by atoms with Gasteiger partial charge in [0.2, 0.25) is 5.78 Å². The molecular formula is C21H32O4. The molecule has 0 radical (unpaired) electrons. The molecule has 2 N–H and O–H groups in total. The van der Waals surface area contributed by atoms with Gasteiger partial charge in [0.15, 0.2) is 11.4 Å². The zero-order valence-electron chi connectivity index (χ0n) is 16.3. The van der Waals surface area contributed by atoms with Gasteiger partial charge in [0.1, 0.15) is 0 Å². The monoisotopic (exact) mass is 348 g/mol. The molecule has 4 nitrogen and oxygen atoms in total. The molecule has 1 aliphatic rings. The molecule has 140 valence electrons. The number of hydrogen-bond donors (Lipinski definition) is 2. The lowest BCUT2D eigenvalue weighted by atomic mass is 9.71. The molecule has 0 bridgehead atoms. The standard InChI is InChI=1S/C21H32O4/c1-7-15(6)18(22)17-12-16(9-8-13(2)3)19(23)21(25,20(17)24)11-10-14(4)5/h8,10,12,15-16,18,22,25H,7,9,11H2,1-6H3/t15?,16?,18?,21-/m1/s1. The van der Waals surface area contributed by atoms with Crippen molar-refractivity contribution in [2.24, 2.45) is 11.8 Å². The molecule has 0 aromatic heterocycles. The maximum absolute atomic E-state index is 12.9. The van der Waals surface area contributed by atoms with Crippen molar-refractivity contribution < 1.29 is 19.8 Å². The fraction of sp³-hybridized carbons (Fsp3) is 0.619. The molecule has 0 spiro atoms. The summed E-state index contributed by atoms with van der Waals surface area (Å²) in [4.78, 5) is 25.7. The quantitative estimate of drug-likeness (QED) is 0.545. The maximum atomic E-state index is 12.9. The van der Waals surface area contributed by atoms with Gasteiger partial charge in [-0.2, -0.15) is 0 Å². The largest absolute Gasteiger partial charge is 0.388 e. The van der Waals surface area contributed by atoms with Crippen LogP contribution in [-0.2, 0) is 9.59 Å². The van der Waals surface area contributed by atoms with Gasteiger partial charge >= 0.3 is 0 Å². The molecule has 25 heavy (non-hydrogen) atoms. The first kappa shape index (κ1) is 21.5. The highest BCUT2D eigenvalue weighted by Crippen LogP contribution is 2.34. The van der Waals surface area contributed by atoms with Crippen LogP contribution in [-0.4, -0.2) is 33.5 Å². The van der Waals surface area contributed by atoms with Gasteiger partial charge in [0.05, 0.1) is 6.10 Å². The van der Waals surface area contributed by atoms with Crippen molar-refractivity contribution in [3.63, 3.8) is 0 Å². The molecular weight excluding hydrogens is 316 g/mol. The Morgan fingerprint density at radius 3 is 2.24 bits per heavy atom. The molecule has 0 amide bonds. The Balaban J connectivity index is 3.36. The highest BCUT2D eigenvalue weighted by atomic mass is 16.3. The van der Waals surface area contributed by atoms with Gasteiger partial charge in [0, 0.05) is 17.9 Å². The first-order valence-corrected chi connectivity index (χ1v) is 9.02. The van der Waals surface area contributed by atoms with E-state index in [2.05, 4.69) is 0 Å². The van der Waals surface area contributed by atoms with E-state index < -0.39 is 29.2 Å². The lowest BCUT2D eigenvalue weighted by molar-refractivity contribution is -0.152. The predicted octanol–water partition coefficient (Wildman–Crippen LogP) is 3.53. The Kier molecular flexibility index (Phi) is 7.51. The zero-order valence-corrected chi connectivity index (χ0v) is 16.3. The maximum Gasteiger partial charge on any atom is 0.200 e. The van der Waals surface area contributed by atoms with E-state index in [0.29, 0.717) is 12.8 Å². The number of ketones is 2. The fourth-order valence-electron chi connectivity index (χ4n) is 2.87. The summed E-state index contributed by atoms with van der Waals surface area (Å²) in [6.45, 7) is 11.4. The van der Waals surface area contributed by atoms with Crippen molar-refractivity contribution in [2.45, 2.75) is 72.5 Å². The Bertz CT molecular complexity index is 603. The molecule has 0 fully saturated rings. The smallest absolute Gasteiger partial charge is 0.200 e. The van der Waals surface area contributed by atoms with Crippen LogP contribution in [0.25, 0.3) is 0 Å². The van der Waals surface area contributed by atoms with Crippen molar-refractivity contribution in [3.8, 4) is 0 Å². The minimum atomic E-state index is -2.09. The van der Waals surface area contributed by atoms with Crippen LogP contribution in [0.5, 0.6) is 0 Å². The van der Waals surface area contributed by atoms with Crippen molar-refractivity contribution in [1.82, 2.24) is 0 Å². The van der Waals surface area contributed by atoms with E-state index in [1.807, 2.05) is 47.6 Å². The van der Waals surface area contributed by atoms with E-state index in [9.17, 15) is 19.8 Å². The average Bonchev–Trinajstić information content (AvgIpc) is 2.56. The molecule has 1 aliphatic carbocycles. The van der Waals surface area contributed by atoms with E-state index in [1.165, 1.54) is 0 Å². The molecule has 4 heteroatoms. The molecule has 0 saturated heterocycles. The van der Waals surface area contributed by atoms with Crippen LogP contribution in [0.4, 0.5) is 0 Å². The summed E-state index contributed by atoms with van der Waals surface area (Å²) in [7, 11) is 0. The molecule has 3 unspecified atom stereocenters. The molecule has 0 aromatic carbocycles. The van der Waals surface area contributed by atoms with Crippen molar-refractivity contribution in [2.75, 3.05) is 0 Å². The van der Waals surface area contributed by atoms with Crippen LogP contribution in [0.1, 0.15) is 60.8 Å². The number of aliphatic hydroxyl groups excluding tert-OH is 1. The van der Waals surface area contributed by atoms with Gasteiger partial charge in [-0.1, -0.05) is 49.6 Å². The number of rotatable bonds is 7. The summed E-state index contributed by atoms with van der Waals surface area (Å²) in [5, 5.41) is 21.5. The van der Waals surface area contributed by atoms with Gasteiger partial charge in [-0.25, -0.2) is 0 Å². The van der Waals surface area contributed by atoms with Gasteiger partial charge in [0.25, 0.3) is 0 Å². The lowest BCUT2D eigenvalue weighted by Crippen LogP contribution is -2.54. The first-order chi connectivity index (χ1) is 11.5. The number of Topliss-reactive ketones (excluding diaryl/α,β-unsaturated/α-hetero) is 2. The summed E-state index contributed by atoms with van der Waals surface area (Å²) in [5.74, 6) is -1.86. The fourth-order valence-corrected chi connectivity index (χ4v) is 2.87. The van der Waals surface area contributed by atoms with Crippen molar-refractivity contribution in [3.05, 3.63) is 34.9 Å². The van der Waals surface area contributed by atoms with Gasteiger partial charge in [-0.3, -0.25) is 9.59 Å². The molecule has 4 atom stereocenters. The number of carbonyl (C=O) groups is 2. The molecule has 1 rings (SSSR count). The number of carbonyl (C=O) groups excluding carboxylic acids is 2. The van der Waals surface area contributed by atoms with E-state index in [-0.39, 0.29) is 17.9 Å². The average molecular weight is 348 g/mol. The third kappa shape index (κ3) is 4.99. The van der Waals surface area contributed by atoms with Crippen LogP contribution >= 0.6 is 0 Å². The highest BCUT2D eigenvalue weighted by molar-refractivity contribution is 6.21. The molecule has 0 aliphatic heterocycles. The summed E-state index contributed by atoms with van der Waals surface area (Å²) in [6.07, 6.45) is 5.28. The van der Waals surface area contributed by atoms with Gasteiger partial charge in [-0.05, 0) is 40.0 Å². The Morgan fingerprint density at radius 1 is 1.20 bits per heavy atom. The van der Waals surface area contributed by atoms with Gasteiger partial charge < -0.3 is 10.2 Å². The van der Waals surface area contributed by atoms with Crippen LogP contribution in [0.3, 0.4) is 0 Å². The van der Waals surface area contributed by atoms with Gasteiger partial charge in [-0.15, -0.1) is 0 Å². The first-order valence-electron chi connectivity index (χ1n) is 9.02. The molecule has 0 saturated carbocycles. The Labute approximate surface area is 151 Å². The third-order valence-electron chi connectivity index (χ3n) is 4.85. The minimum Gasteiger partial charge on any atom is -0.388 e. The number of hydrogen-bond acceptors (Lipinski definition) is 4. The lowest BCUT2D eigenvalue weighted by Gasteiger charge is -2.35. The van der Waals surface area contributed by atoms with Crippen LogP contribution < -0.4 is 0 Å². The zero-order chi connectivity index (χ0) is 19.4.